The first-order valence-electron chi connectivity index (χ1n) is 8.20. The zero-order valence-corrected chi connectivity index (χ0v) is 15.1. The number of carbonyl (C=O) groups is 3. The maximum absolute atomic E-state index is 12.3. The van der Waals surface area contributed by atoms with Gasteiger partial charge in [0, 0.05) is 18.5 Å². The Morgan fingerprint density at radius 3 is 3.08 bits per heavy atom. The highest BCUT2D eigenvalue weighted by Gasteiger charge is 2.32. The highest BCUT2D eigenvalue weighted by Crippen LogP contribution is 2.24. The molecule has 2 amide bonds. The molecule has 0 bridgehead atoms. The molecule has 1 aliphatic rings. The maximum atomic E-state index is 12.3. The lowest BCUT2D eigenvalue weighted by atomic mass is 10.2. The van der Waals surface area contributed by atoms with Gasteiger partial charge in [0.25, 0.3) is 0 Å². The molecule has 138 valence electrons. The van der Waals surface area contributed by atoms with E-state index in [1.54, 1.807) is 22.6 Å². The van der Waals surface area contributed by atoms with Crippen molar-refractivity contribution in [3.05, 3.63) is 29.5 Å². The molecule has 9 heteroatoms. The van der Waals surface area contributed by atoms with Gasteiger partial charge in [-0.3, -0.25) is 14.4 Å². The molecular formula is C17H19N3O5S. The molecule has 3 heterocycles. The minimum absolute atomic E-state index is 0.100. The Balaban J connectivity index is 1.49. The summed E-state index contributed by atoms with van der Waals surface area (Å²) in [6.07, 6.45) is 2.35. The first-order chi connectivity index (χ1) is 12.6. The number of nitrogens with zero attached hydrogens (tertiary/aromatic N) is 2. The van der Waals surface area contributed by atoms with E-state index < -0.39 is 6.04 Å². The number of thiazole rings is 1. The predicted molar refractivity (Wildman–Crippen MR) is 93.3 cm³/mol. The monoisotopic (exact) mass is 377 g/mol. The standard InChI is InChI=1S/C17H19N3O5S/c1-24-15(22)5-7-20-6-4-12(17(20)23)19-14(21)9-11-10-26-16(18-11)13-3-2-8-25-13/h2-3,8,10,12H,4-7,9H2,1H3,(H,19,21)/t12-/m0/s1. The molecule has 8 nitrogen and oxygen atoms in total. The van der Waals surface area contributed by atoms with Crippen molar-refractivity contribution in [2.75, 3.05) is 20.2 Å². The Morgan fingerprint density at radius 2 is 2.35 bits per heavy atom. The van der Waals surface area contributed by atoms with E-state index in [0.717, 1.165) is 0 Å². The van der Waals surface area contributed by atoms with E-state index >= 15 is 0 Å². The van der Waals surface area contributed by atoms with Crippen molar-refractivity contribution in [1.82, 2.24) is 15.2 Å². The fourth-order valence-corrected chi connectivity index (χ4v) is 3.52. The fraction of sp³-hybridized carbons (Fsp3) is 0.412. The summed E-state index contributed by atoms with van der Waals surface area (Å²) in [6, 6.07) is 3.03. The zero-order valence-electron chi connectivity index (χ0n) is 14.3. The van der Waals surface area contributed by atoms with E-state index in [2.05, 4.69) is 15.0 Å². The average Bonchev–Trinajstić information content (AvgIpc) is 3.36. The van der Waals surface area contributed by atoms with Crippen LogP contribution in [0.5, 0.6) is 0 Å². The molecule has 1 N–H and O–H groups in total. The van der Waals surface area contributed by atoms with Gasteiger partial charge in [-0.15, -0.1) is 11.3 Å². The van der Waals surface area contributed by atoms with Gasteiger partial charge >= 0.3 is 5.97 Å². The summed E-state index contributed by atoms with van der Waals surface area (Å²) in [4.78, 5) is 41.6. The van der Waals surface area contributed by atoms with Gasteiger partial charge in [0.1, 0.15) is 6.04 Å². The second-order valence-corrected chi connectivity index (χ2v) is 6.72. The number of likely N-dealkylation sites (tertiary alicyclic amines) is 1. The van der Waals surface area contributed by atoms with Gasteiger partial charge in [0.2, 0.25) is 11.8 Å². The van der Waals surface area contributed by atoms with Crippen LogP contribution in [0.2, 0.25) is 0 Å². The van der Waals surface area contributed by atoms with Gasteiger partial charge < -0.3 is 19.4 Å². The number of aromatic nitrogens is 1. The summed E-state index contributed by atoms with van der Waals surface area (Å²) in [5, 5.41) is 5.26. The minimum atomic E-state index is -0.552. The number of carbonyl (C=O) groups excluding carboxylic acids is 3. The van der Waals surface area contributed by atoms with Gasteiger partial charge in [0.15, 0.2) is 10.8 Å². The molecule has 26 heavy (non-hydrogen) atoms. The second-order valence-electron chi connectivity index (χ2n) is 5.86. The lowest BCUT2D eigenvalue weighted by molar-refractivity contribution is -0.141. The Labute approximate surface area is 154 Å². The average molecular weight is 377 g/mol. The van der Waals surface area contributed by atoms with Crippen LogP contribution in [0.25, 0.3) is 10.8 Å². The SMILES string of the molecule is COC(=O)CCN1CC[C@H](NC(=O)Cc2csc(-c3ccco3)n2)C1=O. The molecule has 1 fully saturated rings. The first-order valence-corrected chi connectivity index (χ1v) is 9.08. The van der Waals surface area contributed by atoms with Gasteiger partial charge in [-0.05, 0) is 18.6 Å². The normalized spacial score (nSPS) is 16.7. The number of furan rings is 1. The van der Waals surface area contributed by atoms with Crippen LogP contribution >= 0.6 is 11.3 Å². The molecule has 3 rings (SSSR count). The van der Waals surface area contributed by atoms with E-state index in [4.69, 9.17) is 4.42 Å². The topological polar surface area (TPSA) is 102 Å². The molecule has 2 aromatic heterocycles. The van der Waals surface area contributed by atoms with Crippen molar-refractivity contribution >= 4 is 29.1 Å². The molecule has 0 aliphatic carbocycles. The lowest BCUT2D eigenvalue weighted by Crippen LogP contribution is -2.42. The third-order valence-corrected chi connectivity index (χ3v) is 4.98. The molecule has 2 aromatic rings. The molecule has 0 unspecified atom stereocenters. The van der Waals surface area contributed by atoms with Crippen molar-refractivity contribution in [3.63, 3.8) is 0 Å². The third kappa shape index (κ3) is 4.29. The summed E-state index contributed by atoms with van der Waals surface area (Å²) in [7, 11) is 1.31. The van der Waals surface area contributed by atoms with Crippen LogP contribution in [-0.2, 0) is 25.5 Å². The number of nitrogens with one attached hydrogen (secondary N) is 1. The van der Waals surface area contributed by atoms with Gasteiger partial charge in [-0.25, -0.2) is 4.98 Å². The molecular weight excluding hydrogens is 358 g/mol. The Kier molecular flexibility index (Phi) is 5.67. The summed E-state index contributed by atoms with van der Waals surface area (Å²) in [6.45, 7) is 0.816. The van der Waals surface area contributed by atoms with E-state index in [1.807, 2.05) is 6.07 Å². The van der Waals surface area contributed by atoms with Crippen LogP contribution in [0.15, 0.2) is 28.2 Å². The fourth-order valence-electron chi connectivity index (χ4n) is 2.73. The molecule has 1 aliphatic heterocycles. The van der Waals surface area contributed by atoms with Crippen molar-refractivity contribution in [2.24, 2.45) is 0 Å². The highest BCUT2D eigenvalue weighted by molar-refractivity contribution is 7.13. The van der Waals surface area contributed by atoms with Gasteiger partial charge in [0.05, 0.1) is 31.9 Å². The number of ether oxygens (including phenoxy) is 1. The van der Waals surface area contributed by atoms with Crippen molar-refractivity contribution in [3.8, 4) is 10.8 Å². The molecule has 0 saturated carbocycles. The van der Waals surface area contributed by atoms with Crippen LogP contribution < -0.4 is 5.32 Å². The number of amides is 2. The van der Waals surface area contributed by atoms with Crippen LogP contribution in [0.1, 0.15) is 18.5 Å². The number of methoxy groups -OCH3 is 1. The Morgan fingerprint density at radius 1 is 1.50 bits per heavy atom. The van der Waals surface area contributed by atoms with E-state index in [1.165, 1.54) is 18.4 Å². The summed E-state index contributed by atoms with van der Waals surface area (Å²) < 4.78 is 9.86. The van der Waals surface area contributed by atoms with E-state index in [-0.39, 0.29) is 30.6 Å². The molecule has 0 aromatic carbocycles. The van der Waals surface area contributed by atoms with Gasteiger partial charge in [-0.2, -0.15) is 0 Å². The smallest absolute Gasteiger partial charge is 0.307 e. The summed E-state index contributed by atoms with van der Waals surface area (Å²) in [5.74, 6) is -0.124. The summed E-state index contributed by atoms with van der Waals surface area (Å²) in [5.41, 5.74) is 0.631. The predicted octanol–water partition coefficient (Wildman–Crippen LogP) is 1.23. The van der Waals surface area contributed by atoms with Crippen LogP contribution in [0.3, 0.4) is 0 Å². The van der Waals surface area contributed by atoms with Crippen LogP contribution in [0, 0.1) is 0 Å². The van der Waals surface area contributed by atoms with Crippen LogP contribution in [0.4, 0.5) is 0 Å². The largest absolute Gasteiger partial charge is 0.469 e. The molecule has 1 atom stereocenters. The summed E-state index contributed by atoms with van der Waals surface area (Å²) >= 11 is 1.40. The number of hydrogen-bond acceptors (Lipinski definition) is 7. The Hall–Kier alpha value is -2.68. The van der Waals surface area contributed by atoms with E-state index in [0.29, 0.717) is 36.0 Å². The van der Waals surface area contributed by atoms with Crippen molar-refractivity contribution in [2.45, 2.75) is 25.3 Å². The molecule has 0 spiro atoms. The highest BCUT2D eigenvalue weighted by atomic mass is 32.1. The maximum Gasteiger partial charge on any atom is 0.307 e. The number of esters is 1. The lowest BCUT2D eigenvalue weighted by Gasteiger charge is -2.16. The quantitative estimate of drug-likeness (QED) is 0.728. The number of hydrogen-bond donors (Lipinski definition) is 1. The second kappa shape index (κ2) is 8.13. The van der Waals surface area contributed by atoms with Crippen molar-refractivity contribution in [1.29, 1.82) is 0 Å². The van der Waals surface area contributed by atoms with Crippen LogP contribution in [-0.4, -0.2) is 53.9 Å². The van der Waals surface area contributed by atoms with Crippen molar-refractivity contribution < 1.29 is 23.5 Å². The molecule has 0 radical (unpaired) electrons. The zero-order chi connectivity index (χ0) is 18.5. The first kappa shape index (κ1) is 18.1. The third-order valence-electron chi connectivity index (χ3n) is 4.07. The minimum Gasteiger partial charge on any atom is -0.469 e. The number of rotatable bonds is 7. The Bertz CT molecular complexity index is 786. The van der Waals surface area contributed by atoms with Gasteiger partial charge in [-0.1, -0.05) is 0 Å². The molecule has 1 saturated heterocycles. The van der Waals surface area contributed by atoms with E-state index in [9.17, 15) is 14.4 Å².